The third kappa shape index (κ3) is 2.78. The first-order chi connectivity index (χ1) is 5.54. The molecule has 0 aliphatic carbocycles. The van der Waals surface area contributed by atoms with Crippen LogP contribution in [0.5, 0.6) is 0 Å². The van der Waals surface area contributed by atoms with Crippen molar-refractivity contribution < 1.29 is 25.5 Å². The summed E-state index contributed by atoms with van der Waals surface area (Å²) in [7, 11) is 0. The maximum absolute atomic E-state index is 9.05. The van der Waals surface area contributed by atoms with Crippen molar-refractivity contribution in [3.8, 4) is 0 Å². The molecule has 5 nitrogen and oxygen atoms in total. The second-order valence-electron chi connectivity index (χ2n) is 2.40. The fraction of sp³-hybridized carbons (Fsp3) is 0.714. The minimum Gasteiger partial charge on any atom is -0.510 e. The Kier molecular flexibility index (Phi) is 4.84. The molecule has 5 heteroatoms. The van der Waals surface area contributed by atoms with Crippen molar-refractivity contribution in [1.29, 1.82) is 0 Å². The molecule has 0 saturated carbocycles. The summed E-state index contributed by atoms with van der Waals surface area (Å²) in [6, 6.07) is 0. The minimum absolute atomic E-state index is 0.435. The van der Waals surface area contributed by atoms with Crippen molar-refractivity contribution in [2.45, 2.75) is 25.2 Å². The van der Waals surface area contributed by atoms with Crippen molar-refractivity contribution in [3.05, 3.63) is 11.8 Å². The summed E-state index contributed by atoms with van der Waals surface area (Å²) >= 11 is 0. The van der Waals surface area contributed by atoms with E-state index in [1.807, 2.05) is 0 Å². The molecule has 0 radical (unpaired) electrons. The van der Waals surface area contributed by atoms with E-state index in [9.17, 15) is 0 Å². The molecule has 72 valence electrons. The Morgan fingerprint density at radius 1 is 1.33 bits per heavy atom. The first-order valence-electron chi connectivity index (χ1n) is 3.54. The van der Waals surface area contributed by atoms with E-state index >= 15 is 0 Å². The van der Waals surface area contributed by atoms with E-state index in [1.54, 1.807) is 0 Å². The molecule has 0 spiro atoms. The standard InChI is InChI=1S/C7H14O5/c1-2-4(9)6(11)7(12)5(10)3-8/h2,5-12H,3H2,1H3/t5?,6-,7?/m1/s1. The molecule has 0 amide bonds. The second-order valence-corrected chi connectivity index (χ2v) is 2.40. The number of hydrogen-bond donors (Lipinski definition) is 5. The van der Waals surface area contributed by atoms with Crippen molar-refractivity contribution in [2.24, 2.45) is 0 Å². The molecule has 0 aliphatic heterocycles. The van der Waals surface area contributed by atoms with Crippen LogP contribution < -0.4 is 0 Å². The summed E-state index contributed by atoms with van der Waals surface area (Å²) < 4.78 is 0. The predicted molar refractivity (Wildman–Crippen MR) is 41.5 cm³/mol. The van der Waals surface area contributed by atoms with Crippen LogP contribution in [0.15, 0.2) is 11.8 Å². The van der Waals surface area contributed by atoms with Crippen molar-refractivity contribution in [2.75, 3.05) is 6.61 Å². The van der Waals surface area contributed by atoms with Gasteiger partial charge in [0.05, 0.1) is 6.61 Å². The largest absolute Gasteiger partial charge is 0.510 e. The second kappa shape index (κ2) is 5.10. The van der Waals surface area contributed by atoms with Crippen LogP contribution in [0.3, 0.4) is 0 Å². The van der Waals surface area contributed by atoms with Gasteiger partial charge in [-0.15, -0.1) is 0 Å². The number of aliphatic hydroxyl groups excluding tert-OH is 5. The third-order valence-electron chi connectivity index (χ3n) is 1.50. The van der Waals surface area contributed by atoms with E-state index in [1.165, 1.54) is 13.0 Å². The Morgan fingerprint density at radius 3 is 2.17 bits per heavy atom. The average molecular weight is 178 g/mol. The first-order valence-corrected chi connectivity index (χ1v) is 3.54. The molecule has 12 heavy (non-hydrogen) atoms. The lowest BCUT2D eigenvalue weighted by atomic mass is 10.1. The van der Waals surface area contributed by atoms with Crippen molar-refractivity contribution >= 4 is 0 Å². The Bertz CT molecular complexity index is 156. The van der Waals surface area contributed by atoms with E-state index in [2.05, 4.69) is 0 Å². The Hall–Kier alpha value is -0.620. The molecule has 0 aliphatic rings. The molecule has 0 heterocycles. The maximum atomic E-state index is 9.05. The predicted octanol–water partition coefficient (Wildman–Crippen LogP) is -1.48. The molecule has 0 saturated heterocycles. The molecule has 0 aromatic carbocycles. The van der Waals surface area contributed by atoms with Gasteiger partial charge in [-0.2, -0.15) is 0 Å². The van der Waals surface area contributed by atoms with Crippen molar-refractivity contribution in [3.63, 3.8) is 0 Å². The average Bonchev–Trinajstić information content (AvgIpc) is 2.12. The SMILES string of the molecule is CC=C(O)[C@@H](O)C(O)C(O)CO. The van der Waals surface area contributed by atoms with E-state index in [4.69, 9.17) is 25.5 Å². The van der Waals surface area contributed by atoms with Gasteiger partial charge in [-0.05, 0) is 13.0 Å². The van der Waals surface area contributed by atoms with E-state index < -0.39 is 30.7 Å². The van der Waals surface area contributed by atoms with E-state index in [0.717, 1.165) is 0 Å². The Labute approximate surface area is 70.2 Å². The monoisotopic (exact) mass is 178 g/mol. The lowest BCUT2D eigenvalue weighted by Gasteiger charge is -2.20. The highest BCUT2D eigenvalue weighted by molar-refractivity contribution is 5.00. The molecule has 3 atom stereocenters. The van der Waals surface area contributed by atoms with Gasteiger partial charge in [-0.3, -0.25) is 0 Å². The first kappa shape index (κ1) is 11.4. The molecule has 5 N–H and O–H groups in total. The number of aliphatic hydroxyl groups is 5. The molecule has 0 rings (SSSR count). The number of rotatable bonds is 4. The van der Waals surface area contributed by atoms with Crippen LogP contribution in [-0.4, -0.2) is 50.5 Å². The summed E-state index contributed by atoms with van der Waals surface area (Å²) in [4.78, 5) is 0. The summed E-state index contributed by atoms with van der Waals surface area (Å²) in [6.45, 7) is 0.797. The molecular weight excluding hydrogens is 164 g/mol. The lowest BCUT2D eigenvalue weighted by Crippen LogP contribution is -2.40. The summed E-state index contributed by atoms with van der Waals surface area (Å²) in [5, 5.41) is 44.2. The molecular formula is C7H14O5. The molecule has 0 bridgehead atoms. The third-order valence-corrected chi connectivity index (χ3v) is 1.50. The summed E-state index contributed by atoms with van der Waals surface area (Å²) in [6.07, 6.45) is -3.40. The molecule has 0 aromatic rings. The number of allylic oxidation sites excluding steroid dienone is 1. The van der Waals surface area contributed by atoms with Crippen LogP contribution in [0, 0.1) is 0 Å². The van der Waals surface area contributed by atoms with Gasteiger partial charge in [0.1, 0.15) is 24.1 Å². The normalized spacial score (nSPS) is 20.2. The Morgan fingerprint density at radius 2 is 1.83 bits per heavy atom. The molecule has 2 unspecified atom stereocenters. The highest BCUT2D eigenvalue weighted by atomic mass is 16.4. The van der Waals surface area contributed by atoms with Gasteiger partial charge < -0.3 is 25.5 Å². The quantitative estimate of drug-likeness (QED) is 0.338. The summed E-state index contributed by atoms with van der Waals surface area (Å²) in [5.41, 5.74) is 0. The lowest BCUT2D eigenvalue weighted by molar-refractivity contribution is -0.0741. The fourth-order valence-electron chi connectivity index (χ4n) is 0.664. The zero-order valence-corrected chi connectivity index (χ0v) is 6.75. The highest BCUT2D eigenvalue weighted by Crippen LogP contribution is 2.06. The van der Waals surface area contributed by atoms with Crippen LogP contribution in [0.25, 0.3) is 0 Å². The maximum Gasteiger partial charge on any atom is 0.139 e. The van der Waals surface area contributed by atoms with Crippen molar-refractivity contribution in [1.82, 2.24) is 0 Å². The zero-order valence-electron chi connectivity index (χ0n) is 6.75. The van der Waals surface area contributed by atoms with Crippen LogP contribution in [-0.2, 0) is 0 Å². The van der Waals surface area contributed by atoms with Crippen LogP contribution in [0.4, 0.5) is 0 Å². The zero-order chi connectivity index (χ0) is 9.72. The highest BCUT2D eigenvalue weighted by Gasteiger charge is 2.26. The number of hydrogen-bond acceptors (Lipinski definition) is 5. The fourth-order valence-corrected chi connectivity index (χ4v) is 0.664. The Balaban J connectivity index is 4.18. The van der Waals surface area contributed by atoms with Gasteiger partial charge in [0.2, 0.25) is 0 Å². The van der Waals surface area contributed by atoms with Gasteiger partial charge in [-0.1, -0.05) is 0 Å². The van der Waals surface area contributed by atoms with Gasteiger partial charge >= 0.3 is 0 Å². The van der Waals surface area contributed by atoms with E-state index in [0.29, 0.717) is 0 Å². The smallest absolute Gasteiger partial charge is 0.139 e. The van der Waals surface area contributed by atoms with E-state index in [-0.39, 0.29) is 0 Å². The van der Waals surface area contributed by atoms with Gasteiger partial charge in [0, 0.05) is 0 Å². The van der Waals surface area contributed by atoms with Gasteiger partial charge in [0.15, 0.2) is 0 Å². The van der Waals surface area contributed by atoms with Crippen LogP contribution >= 0.6 is 0 Å². The topological polar surface area (TPSA) is 101 Å². The molecule has 0 aromatic heterocycles. The van der Waals surface area contributed by atoms with Crippen LogP contribution in [0.1, 0.15) is 6.92 Å². The van der Waals surface area contributed by atoms with Gasteiger partial charge in [-0.25, -0.2) is 0 Å². The molecule has 0 fully saturated rings. The van der Waals surface area contributed by atoms with Gasteiger partial charge in [0.25, 0.3) is 0 Å². The minimum atomic E-state index is -1.58. The summed E-state index contributed by atoms with van der Waals surface area (Å²) in [5.74, 6) is -0.435. The van der Waals surface area contributed by atoms with Crippen LogP contribution in [0.2, 0.25) is 0 Å².